The molecular formula is C21H27NO3S. The fourth-order valence-corrected chi connectivity index (χ4v) is 5.01. The van der Waals surface area contributed by atoms with Crippen LogP contribution >= 0.6 is 11.3 Å². The molecule has 3 rings (SSSR count). The molecule has 1 N–H and O–H groups in total. The lowest BCUT2D eigenvalue weighted by Crippen LogP contribution is -2.38. The molecular weight excluding hydrogens is 346 g/mol. The minimum absolute atomic E-state index is 0.0702. The van der Waals surface area contributed by atoms with E-state index in [1.807, 2.05) is 6.92 Å². The number of aryl methyl sites for hydroxylation is 1. The average Bonchev–Trinajstić information content (AvgIpc) is 3.01. The standard InChI is InChI=1S/C21H27NO3S/c1-6-13-8-9-16(26-13)19-17(20(24)25-7-2)12(3)22-14-10-21(4,5)11-15(23)18(14)19/h8-9,19,22H,6-7,10-11H2,1-5H3. The van der Waals surface area contributed by atoms with E-state index in [4.69, 9.17) is 4.74 Å². The van der Waals surface area contributed by atoms with E-state index in [0.29, 0.717) is 18.6 Å². The van der Waals surface area contributed by atoms with Crippen LogP contribution in [-0.2, 0) is 20.7 Å². The number of carbonyl (C=O) groups is 2. The van der Waals surface area contributed by atoms with Gasteiger partial charge in [0, 0.05) is 33.1 Å². The first-order chi connectivity index (χ1) is 12.3. The number of hydrogen-bond donors (Lipinski definition) is 1. The molecule has 0 fully saturated rings. The van der Waals surface area contributed by atoms with Gasteiger partial charge in [0.15, 0.2) is 5.78 Å². The van der Waals surface area contributed by atoms with Gasteiger partial charge in [0.05, 0.1) is 18.1 Å². The monoisotopic (exact) mass is 373 g/mol. The molecule has 26 heavy (non-hydrogen) atoms. The van der Waals surface area contributed by atoms with Crippen LogP contribution in [0.4, 0.5) is 0 Å². The van der Waals surface area contributed by atoms with Gasteiger partial charge in [-0.15, -0.1) is 11.3 Å². The summed E-state index contributed by atoms with van der Waals surface area (Å²) in [5.74, 6) is -0.521. The van der Waals surface area contributed by atoms with E-state index < -0.39 is 0 Å². The summed E-state index contributed by atoms with van der Waals surface area (Å²) in [6.45, 7) is 10.4. The van der Waals surface area contributed by atoms with E-state index in [0.717, 1.165) is 34.7 Å². The summed E-state index contributed by atoms with van der Waals surface area (Å²) in [5.41, 5.74) is 3.02. The quantitative estimate of drug-likeness (QED) is 0.791. The van der Waals surface area contributed by atoms with Crippen LogP contribution in [0.2, 0.25) is 0 Å². The van der Waals surface area contributed by atoms with E-state index in [9.17, 15) is 9.59 Å². The minimum Gasteiger partial charge on any atom is -0.463 e. The van der Waals surface area contributed by atoms with Crippen molar-refractivity contribution < 1.29 is 14.3 Å². The van der Waals surface area contributed by atoms with Crippen molar-refractivity contribution in [1.29, 1.82) is 0 Å². The number of rotatable bonds is 4. The van der Waals surface area contributed by atoms with E-state index in [-0.39, 0.29) is 23.1 Å². The topological polar surface area (TPSA) is 55.4 Å². The zero-order chi connectivity index (χ0) is 19.1. The van der Waals surface area contributed by atoms with Crippen LogP contribution in [0, 0.1) is 5.41 Å². The Bertz CT molecular complexity index is 813. The van der Waals surface area contributed by atoms with E-state index in [2.05, 4.69) is 38.2 Å². The van der Waals surface area contributed by atoms with Gasteiger partial charge in [-0.25, -0.2) is 4.79 Å². The fraction of sp³-hybridized carbons (Fsp3) is 0.524. The molecule has 1 aromatic rings. The predicted octanol–water partition coefficient (Wildman–Crippen LogP) is 4.48. The molecule has 0 spiro atoms. The summed E-state index contributed by atoms with van der Waals surface area (Å²) in [5, 5.41) is 3.36. The fourth-order valence-electron chi connectivity index (χ4n) is 3.94. The number of carbonyl (C=O) groups excluding carboxylic acids is 2. The van der Waals surface area contributed by atoms with Crippen molar-refractivity contribution in [2.75, 3.05) is 6.61 Å². The van der Waals surface area contributed by atoms with Crippen LogP contribution in [0.25, 0.3) is 0 Å². The zero-order valence-corrected chi connectivity index (χ0v) is 17.0. The Balaban J connectivity index is 2.15. The van der Waals surface area contributed by atoms with Crippen molar-refractivity contribution in [2.24, 2.45) is 5.41 Å². The third-order valence-corrected chi connectivity index (χ3v) is 6.34. The maximum absolute atomic E-state index is 13.1. The minimum atomic E-state index is -0.335. The number of thiophene rings is 1. The molecule has 1 aromatic heterocycles. The summed E-state index contributed by atoms with van der Waals surface area (Å²) in [7, 11) is 0. The van der Waals surface area contributed by atoms with Gasteiger partial charge >= 0.3 is 5.97 Å². The Morgan fingerprint density at radius 1 is 1.31 bits per heavy atom. The second kappa shape index (κ2) is 7.03. The van der Waals surface area contributed by atoms with Gasteiger partial charge in [0.1, 0.15) is 0 Å². The maximum Gasteiger partial charge on any atom is 0.336 e. The molecule has 0 saturated carbocycles. The number of hydrogen-bond acceptors (Lipinski definition) is 5. The molecule has 1 atom stereocenters. The summed E-state index contributed by atoms with van der Waals surface area (Å²) < 4.78 is 5.33. The molecule has 0 saturated heterocycles. The second-order valence-corrected chi connectivity index (χ2v) is 9.01. The molecule has 5 heteroatoms. The summed E-state index contributed by atoms with van der Waals surface area (Å²) in [6.07, 6.45) is 2.26. The molecule has 1 aliphatic carbocycles. The van der Waals surface area contributed by atoms with Crippen LogP contribution in [0.5, 0.6) is 0 Å². The molecule has 140 valence electrons. The Kier molecular flexibility index (Phi) is 5.11. The van der Waals surface area contributed by atoms with Crippen molar-refractivity contribution in [3.8, 4) is 0 Å². The third-order valence-electron chi connectivity index (χ3n) is 5.05. The normalized spacial score (nSPS) is 22.2. The van der Waals surface area contributed by atoms with E-state index >= 15 is 0 Å². The Morgan fingerprint density at radius 2 is 2.04 bits per heavy atom. The number of Topliss-reactive ketones (excluding diaryl/α,β-unsaturated/α-hetero) is 1. The predicted molar refractivity (Wildman–Crippen MR) is 104 cm³/mol. The SMILES string of the molecule is CCOC(=O)C1=C(C)NC2=C(C(=O)CC(C)(C)C2)C1c1ccc(CC)s1. The average molecular weight is 374 g/mol. The highest BCUT2D eigenvalue weighted by atomic mass is 32.1. The zero-order valence-electron chi connectivity index (χ0n) is 16.2. The van der Waals surface area contributed by atoms with Crippen LogP contribution < -0.4 is 5.32 Å². The van der Waals surface area contributed by atoms with E-state index in [1.54, 1.807) is 18.3 Å². The van der Waals surface area contributed by atoms with Gasteiger partial charge in [0.2, 0.25) is 0 Å². The number of dihydropyridines is 1. The lowest BCUT2D eigenvalue weighted by atomic mass is 9.70. The first-order valence-corrected chi connectivity index (χ1v) is 10.1. The highest BCUT2D eigenvalue weighted by Gasteiger charge is 2.43. The van der Waals surface area contributed by atoms with Gasteiger partial charge in [-0.2, -0.15) is 0 Å². The van der Waals surface area contributed by atoms with Crippen molar-refractivity contribution in [2.45, 2.75) is 59.8 Å². The van der Waals surface area contributed by atoms with Crippen molar-refractivity contribution in [1.82, 2.24) is 5.32 Å². The van der Waals surface area contributed by atoms with Crippen LogP contribution in [0.1, 0.15) is 63.1 Å². The van der Waals surface area contributed by atoms with Crippen molar-refractivity contribution in [3.63, 3.8) is 0 Å². The summed E-state index contributed by atoms with van der Waals surface area (Å²) in [6, 6.07) is 4.15. The second-order valence-electron chi connectivity index (χ2n) is 7.81. The molecule has 4 nitrogen and oxygen atoms in total. The molecule has 0 bridgehead atoms. The highest BCUT2D eigenvalue weighted by Crippen LogP contribution is 2.48. The Hall–Kier alpha value is -1.88. The molecule has 0 radical (unpaired) electrons. The van der Waals surface area contributed by atoms with Gasteiger partial charge in [-0.3, -0.25) is 4.79 Å². The highest BCUT2D eigenvalue weighted by molar-refractivity contribution is 7.12. The number of ether oxygens (including phenoxy) is 1. The van der Waals surface area contributed by atoms with Crippen LogP contribution in [-0.4, -0.2) is 18.4 Å². The van der Waals surface area contributed by atoms with Gasteiger partial charge < -0.3 is 10.1 Å². The number of nitrogens with one attached hydrogen (secondary N) is 1. The van der Waals surface area contributed by atoms with E-state index in [1.165, 1.54) is 4.88 Å². The van der Waals surface area contributed by atoms with Crippen molar-refractivity contribution >= 4 is 23.1 Å². The van der Waals surface area contributed by atoms with Crippen molar-refractivity contribution in [3.05, 3.63) is 44.4 Å². The number of esters is 1. The lowest BCUT2D eigenvalue weighted by Gasteiger charge is -2.39. The smallest absolute Gasteiger partial charge is 0.336 e. The van der Waals surface area contributed by atoms with Gasteiger partial charge in [-0.1, -0.05) is 20.8 Å². The molecule has 1 aliphatic heterocycles. The molecule has 0 aromatic carbocycles. The van der Waals surface area contributed by atoms with Crippen LogP contribution in [0.15, 0.2) is 34.7 Å². The van der Waals surface area contributed by atoms with Gasteiger partial charge in [0.25, 0.3) is 0 Å². The first-order valence-electron chi connectivity index (χ1n) is 9.27. The molecule has 0 amide bonds. The molecule has 2 aliphatic rings. The molecule has 2 heterocycles. The third kappa shape index (κ3) is 3.37. The maximum atomic E-state index is 13.1. The molecule has 1 unspecified atom stereocenters. The van der Waals surface area contributed by atoms with Crippen LogP contribution in [0.3, 0.4) is 0 Å². The lowest BCUT2D eigenvalue weighted by molar-refractivity contribution is -0.138. The summed E-state index contributed by atoms with van der Waals surface area (Å²) >= 11 is 1.68. The summed E-state index contributed by atoms with van der Waals surface area (Å²) in [4.78, 5) is 28.1. The number of ketones is 1. The van der Waals surface area contributed by atoms with Gasteiger partial charge in [-0.05, 0) is 44.2 Å². The largest absolute Gasteiger partial charge is 0.463 e. The first kappa shape index (κ1) is 18.9. The number of allylic oxidation sites excluding steroid dienone is 3. The Labute approximate surface area is 159 Å². The Morgan fingerprint density at radius 3 is 2.65 bits per heavy atom.